The van der Waals surface area contributed by atoms with Crippen LogP contribution in [-0.4, -0.2) is 27.4 Å². The number of hydrogen-bond acceptors (Lipinski definition) is 2. The molecule has 0 N–H and O–H groups in total. The first kappa shape index (κ1) is 10.8. The normalized spacial score (nSPS) is 7.50. The third kappa shape index (κ3) is 38.9. The van der Waals surface area contributed by atoms with Gasteiger partial charge < -0.3 is 9.47 Å². The van der Waals surface area contributed by atoms with Crippen LogP contribution in [-0.2, 0) is 9.47 Å². The molecule has 8 heavy (non-hydrogen) atoms. The SMILES string of the molecule is CCOCC.COC. The molecule has 0 unspecified atom stereocenters. The van der Waals surface area contributed by atoms with Crippen molar-refractivity contribution in [3.8, 4) is 0 Å². The van der Waals surface area contributed by atoms with E-state index in [1.54, 1.807) is 14.2 Å². The molecule has 0 aliphatic rings. The summed E-state index contributed by atoms with van der Waals surface area (Å²) in [7, 11) is 3.25. The summed E-state index contributed by atoms with van der Waals surface area (Å²) in [5.41, 5.74) is 0. The van der Waals surface area contributed by atoms with Gasteiger partial charge in [0.2, 0.25) is 0 Å². The van der Waals surface area contributed by atoms with Crippen molar-refractivity contribution in [1.29, 1.82) is 0 Å². The molecule has 0 rings (SSSR count). The topological polar surface area (TPSA) is 18.5 Å². The molecular formula is C6H16O2. The monoisotopic (exact) mass is 120 g/mol. The van der Waals surface area contributed by atoms with Gasteiger partial charge in [-0.3, -0.25) is 0 Å². The number of rotatable bonds is 2. The fourth-order valence-corrected chi connectivity index (χ4v) is 0.204. The summed E-state index contributed by atoms with van der Waals surface area (Å²) in [6.45, 7) is 5.67. The minimum absolute atomic E-state index is 0.844. The second kappa shape index (κ2) is 15.8. The van der Waals surface area contributed by atoms with E-state index < -0.39 is 0 Å². The second-order valence-electron chi connectivity index (χ2n) is 1.19. The molecule has 0 amide bonds. The van der Waals surface area contributed by atoms with Crippen LogP contribution in [0.1, 0.15) is 13.8 Å². The molecule has 0 bridgehead atoms. The van der Waals surface area contributed by atoms with Crippen molar-refractivity contribution >= 4 is 0 Å². The summed E-state index contributed by atoms with van der Waals surface area (Å²) in [4.78, 5) is 0. The highest BCUT2D eigenvalue weighted by Gasteiger charge is 1.64. The van der Waals surface area contributed by atoms with Gasteiger partial charge >= 0.3 is 0 Å². The van der Waals surface area contributed by atoms with Gasteiger partial charge in [0.25, 0.3) is 0 Å². The van der Waals surface area contributed by atoms with Gasteiger partial charge in [-0.1, -0.05) is 0 Å². The van der Waals surface area contributed by atoms with E-state index in [2.05, 4.69) is 4.74 Å². The quantitative estimate of drug-likeness (QED) is 0.547. The molecule has 0 saturated carbocycles. The van der Waals surface area contributed by atoms with E-state index in [9.17, 15) is 0 Å². The Hall–Kier alpha value is -0.0800. The highest BCUT2D eigenvalue weighted by Crippen LogP contribution is 1.64. The van der Waals surface area contributed by atoms with Crippen LogP contribution in [0.4, 0.5) is 0 Å². The summed E-state index contributed by atoms with van der Waals surface area (Å²) in [5, 5.41) is 0. The maximum atomic E-state index is 4.83. The van der Waals surface area contributed by atoms with Crippen LogP contribution in [0.2, 0.25) is 0 Å². The third-order valence-electron chi connectivity index (χ3n) is 0.408. The van der Waals surface area contributed by atoms with Crippen molar-refractivity contribution in [2.24, 2.45) is 0 Å². The molecule has 0 spiro atoms. The van der Waals surface area contributed by atoms with Gasteiger partial charge in [-0.2, -0.15) is 0 Å². The van der Waals surface area contributed by atoms with Crippen LogP contribution in [0.15, 0.2) is 0 Å². The summed E-state index contributed by atoms with van der Waals surface area (Å²) >= 11 is 0. The predicted molar refractivity (Wildman–Crippen MR) is 35.1 cm³/mol. The first-order valence-electron chi connectivity index (χ1n) is 2.81. The van der Waals surface area contributed by atoms with Crippen molar-refractivity contribution in [3.63, 3.8) is 0 Å². The van der Waals surface area contributed by atoms with Crippen LogP contribution in [0.3, 0.4) is 0 Å². The Labute approximate surface area is 51.8 Å². The Morgan fingerprint density at radius 1 is 1.00 bits per heavy atom. The van der Waals surface area contributed by atoms with Crippen LogP contribution in [0, 0.1) is 0 Å². The molecule has 2 nitrogen and oxygen atoms in total. The molecule has 0 radical (unpaired) electrons. The van der Waals surface area contributed by atoms with E-state index in [0.717, 1.165) is 13.2 Å². The van der Waals surface area contributed by atoms with Crippen molar-refractivity contribution in [2.75, 3.05) is 27.4 Å². The number of methoxy groups -OCH3 is 1. The molecule has 0 saturated heterocycles. The largest absolute Gasteiger partial charge is 0.388 e. The molecule has 0 heterocycles. The molecule has 0 aromatic carbocycles. The molecule has 0 aliphatic carbocycles. The van der Waals surface area contributed by atoms with Crippen molar-refractivity contribution in [1.82, 2.24) is 0 Å². The van der Waals surface area contributed by atoms with Gasteiger partial charge in [0, 0.05) is 27.4 Å². The van der Waals surface area contributed by atoms with Gasteiger partial charge in [0.1, 0.15) is 0 Å². The van der Waals surface area contributed by atoms with Gasteiger partial charge in [-0.25, -0.2) is 0 Å². The summed E-state index contributed by atoms with van der Waals surface area (Å²) in [5.74, 6) is 0. The van der Waals surface area contributed by atoms with E-state index in [1.165, 1.54) is 0 Å². The maximum absolute atomic E-state index is 4.83. The third-order valence-corrected chi connectivity index (χ3v) is 0.408. The minimum Gasteiger partial charge on any atom is -0.388 e. The minimum atomic E-state index is 0.844. The Morgan fingerprint density at radius 2 is 1.25 bits per heavy atom. The van der Waals surface area contributed by atoms with Crippen LogP contribution >= 0.6 is 0 Å². The van der Waals surface area contributed by atoms with Crippen molar-refractivity contribution in [3.05, 3.63) is 0 Å². The zero-order valence-electron chi connectivity index (χ0n) is 6.23. The van der Waals surface area contributed by atoms with E-state index in [1.807, 2.05) is 13.8 Å². The molecule has 0 aromatic heterocycles. The van der Waals surface area contributed by atoms with E-state index in [-0.39, 0.29) is 0 Å². The lowest BCUT2D eigenvalue weighted by atomic mass is 10.8. The average Bonchev–Trinajstić information content (AvgIpc) is 1.71. The standard InChI is InChI=1S/C4H10O.C2H6O/c1-3-5-4-2;1-3-2/h3-4H2,1-2H3;1-2H3. The molecule has 52 valence electrons. The van der Waals surface area contributed by atoms with Gasteiger partial charge in [0.15, 0.2) is 0 Å². The maximum Gasteiger partial charge on any atom is 0.0437 e. The number of hydrogen-bond donors (Lipinski definition) is 0. The van der Waals surface area contributed by atoms with E-state index in [4.69, 9.17) is 4.74 Å². The van der Waals surface area contributed by atoms with Crippen LogP contribution < -0.4 is 0 Å². The average molecular weight is 120 g/mol. The van der Waals surface area contributed by atoms with Crippen molar-refractivity contribution < 1.29 is 9.47 Å². The predicted octanol–water partition coefficient (Wildman–Crippen LogP) is 1.31. The molecule has 0 fully saturated rings. The Balaban J connectivity index is 0. The van der Waals surface area contributed by atoms with Crippen molar-refractivity contribution in [2.45, 2.75) is 13.8 Å². The lowest BCUT2D eigenvalue weighted by Gasteiger charge is -1.86. The van der Waals surface area contributed by atoms with Gasteiger partial charge in [0.05, 0.1) is 0 Å². The summed E-state index contributed by atoms with van der Waals surface area (Å²) < 4.78 is 9.08. The fraction of sp³-hybridized carbons (Fsp3) is 1.00. The molecule has 0 atom stereocenters. The lowest BCUT2D eigenvalue weighted by Crippen LogP contribution is -1.84. The molecule has 2 heteroatoms. The Kier molecular flexibility index (Phi) is 21.3. The van der Waals surface area contributed by atoms with Crippen LogP contribution in [0.25, 0.3) is 0 Å². The van der Waals surface area contributed by atoms with Gasteiger partial charge in [-0.15, -0.1) is 0 Å². The molecule has 0 aromatic rings. The first-order chi connectivity index (χ1) is 3.83. The molecular weight excluding hydrogens is 104 g/mol. The fourth-order valence-electron chi connectivity index (χ4n) is 0.204. The first-order valence-corrected chi connectivity index (χ1v) is 2.81. The zero-order valence-corrected chi connectivity index (χ0v) is 6.23. The highest BCUT2D eigenvalue weighted by atomic mass is 16.5. The smallest absolute Gasteiger partial charge is 0.0437 e. The van der Waals surface area contributed by atoms with Crippen LogP contribution in [0.5, 0.6) is 0 Å². The second-order valence-corrected chi connectivity index (χ2v) is 1.19. The Morgan fingerprint density at radius 3 is 1.25 bits per heavy atom. The zero-order chi connectivity index (χ0) is 6.83. The van der Waals surface area contributed by atoms with E-state index >= 15 is 0 Å². The Bertz CT molecular complexity index is 20.5. The number of ether oxygens (including phenoxy) is 2. The van der Waals surface area contributed by atoms with Gasteiger partial charge in [-0.05, 0) is 13.8 Å². The molecule has 0 aliphatic heterocycles. The summed E-state index contributed by atoms with van der Waals surface area (Å²) in [6, 6.07) is 0. The summed E-state index contributed by atoms with van der Waals surface area (Å²) in [6.07, 6.45) is 0. The lowest BCUT2D eigenvalue weighted by molar-refractivity contribution is 0.162. The van der Waals surface area contributed by atoms with E-state index in [0.29, 0.717) is 0 Å². The highest BCUT2D eigenvalue weighted by molar-refractivity contribution is 4.07.